The van der Waals surface area contributed by atoms with Gasteiger partial charge >= 0.3 is 0 Å². The lowest BCUT2D eigenvalue weighted by Gasteiger charge is -2.35. The van der Waals surface area contributed by atoms with Crippen LogP contribution in [-0.4, -0.2) is 62.2 Å². The largest absolute Gasteiger partial charge is 0.471 e. The number of hydrogen-bond donors (Lipinski definition) is 5. The van der Waals surface area contributed by atoms with E-state index in [-0.39, 0.29) is 29.7 Å². The van der Waals surface area contributed by atoms with Crippen molar-refractivity contribution in [3.05, 3.63) is 35.4 Å². The van der Waals surface area contributed by atoms with Gasteiger partial charge in [0.2, 0.25) is 5.88 Å². The van der Waals surface area contributed by atoms with E-state index in [9.17, 15) is 20.1 Å². The monoisotopic (exact) mass is 443 g/mol. The second-order valence-corrected chi connectivity index (χ2v) is 7.68. The summed E-state index contributed by atoms with van der Waals surface area (Å²) in [6.07, 6.45) is -0.135. The van der Waals surface area contributed by atoms with E-state index in [2.05, 4.69) is 15.4 Å². The predicted molar refractivity (Wildman–Crippen MR) is 112 cm³/mol. The van der Waals surface area contributed by atoms with Crippen LogP contribution in [0.1, 0.15) is 42.1 Å². The molecule has 1 aliphatic rings. The summed E-state index contributed by atoms with van der Waals surface area (Å²) in [4.78, 5) is 26.3. The third kappa shape index (κ3) is 5.30. The lowest BCUT2D eigenvalue weighted by atomic mass is 9.81. The maximum atomic E-state index is 12.7. The Hall–Kier alpha value is -3.30. The highest BCUT2D eigenvalue weighted by molar-refractivity contribution is 6.00. The van der Waals surface area contributed by atoms with Crippen LogP contribution < -0.4 is 16.0 Å². The van der Waals surface area contributed by atoms with Gasteiger partial charge in [0, 0.05) is 5.56 Å². The number of aromatic nitrogens is 2. The molecule has 2 atom stereocenters. The molecule has 170 valence electrons. The highest BCUT2D eigenvalue weighted by atomic mass is 16.7. The molecule has 0 radical (unpaired) electrons. The van der Waals surface area contributed by atoms with Crippen LogP contribution in [0.15, 0.2) is 24.3 Å². The van der Waals surface area contributed by atoms with Gasteiger partial charge in [-0.2, -0.15) is 10.2 Å². The summed E-state index contributed by atoms with van der Waals surface area (Å²) in [6.45, 7) is 0.829. The fourth-order valence-corrected chi connectivity index (χ4v) is 3.03. The first-order valence-electron chi connectivity index (χ1n) is 10.0. The van der Waals surface area contributed by atoms with Crippen molar-refractivity contribution in [1.29, 1.82) is 5.26 Å². The van der Waals surface area contributed by atoms with Gasteiger partial charge in [0.05, 0.1) is 23.8 Å². The van der Waals surface area contributed by atoms with Crippen LogP contribution in [0.4, 0.5) is 5.82 Å². The number of hydrogen-bond acceptors (Lipinski definition) is 10. The molecule has 3 rings (SSSR count). The van der Waals surface area contributed by atoms with Crippen LogP contribution in [-0.2, 0) is 4.84 Å². The average molecular weight is 443 g/mol. The van der Waals surface area contributed by atoms with Crippen LogP contribution in [0.5, 0.6) is 5.88 Å². The average Bonchev–Trinajstić information content (AvgIpc) is 2.76. The summed E-state index contributed by atoms with van der Waals surface area (Å²) in [5, 5.41) is 38.3. The first-order valence-corrected chi connectivity index (χ1v) is 10.0. The third-order valence-corrected chi connectivity index (χ3v) is 5.20. The lowest BCUT2D eigenvalue weighted by Crippen LogP contribution is -2.44. The van der Waals surface area contributed by atoms with E-state index in [0.29, 0.717) is 24.0 Å². The van der Waals surface area contributed by atoms with E-state index in [1.54, 1.807) is 24.3 Å². The number of hydroxylamine groups is 1. The Morgan fingerprint density at radius 1 is 1.41 bits per heavy atom. The van der Waals surface area contributed by atoms with Gasteiger partial charge in [0.1, 0.15) is 30.2 Å². The molecule has 0 saturated heterocycles. The molecule has 0 unspecified atom stereocenters. The van der Waals surface area contributed by atoms with Crippen LogP contribution >= 0.6 is 0 Å². The number of nitrogen functional groups attached to an aromatic ring is 1. The third-order valence-electron chi connectivity index (χ3n) is 5.20. The van der Waals surface area contributed by atoms with Gasteiger partial charge in [-0.05, 0) is 38.3 Å². The van der Waals surface area contributed by atoms with E-state index in [0.717, 1.165) is 6.42 Å². The molecule has 1 aromatic carbocycles. The number of nitrogens with two attached hydrogens (primary N) is 1. The van der Waals surface area contributed by atoms with Crippen molar-refractivity contribution in [3.63, 3.8) is 0 Å². The van der Waals surface area contributed by atoms with Crippen LogP contribution in [0, 0.1) is 11.3 Å². The van der Waals surface area contributed by atoms with Gasteiger partial charge in [0.15, 0.2) is 5.82 Å². The molecule has 0 bridgehead atoms. The summed E-state index contributed by atoms with van der Waals surface area (Å²) in [5.41, 5.74) is 7.88. The molecule has 32 heavy (non-hydrogen) atoms. The number of nitrogens with zero attached hydrogens (tertiary/aromatic N) is 3. The Morgan fingerprint density at radius 2 is 2.16 bits per heavy atom. The molecule has 6 N–H and O–H groups in total. The predicted octanol–water partition coefficient (Wildman–Crippen LogP) is 0.294. The smallest absolute Gasteiger partial charge is 0.284 e. The van der Waals surface area contributed by atoms with Gasteiger partial charge in [-0.1, -0.05) is 12.1 Å². The van der Waals surface area contributed by atoms with Crippen LogP contribution in [0.2, 0.25) is 0 Å². The summed E-state index contributed by atoms with van der Waals surface area (Å²) in [7, 11) is 0. The SMILES string of the molecule is C[C@H](Oc1nc(-c2cccc(C#N)c2)nc(N)c1C(=O)NOCC1(O)CCC1)[C@H](O)CO. The first kappa shape index (κ1) is 23.4. The molecule has 1 heterocycles. The maximum Gasteiger partial charge on any atom is 0.284 e. The molecular formula is C21H25N5O6. The minimum Gasteiger partial charge on any atom is -0.471 e. The van der Waals surface area contributed by atoms with Gasteiger partial charge in [-0.15, -0.1) is 0 Å². The van der Waals surface area contributed by atoms with Crippen LogP contribution in [0.3, 0.4) is 0 Å². The summed E-state index contributed by atoms with van der Waals surface area (Å²) >= 11 is 0. The van der Waals surface area contributed by atoms with Crippen molar-refractivity contribution in [2.45, 2.75) is 44.0 Å². The Morgan fingerprint density at radius 3 is 2.78 bits per heavy atom. The molecule has 0 spiro atoms. The van der Waals surface area contributed by atoms with Gasteiger partial charge in [-0.3, -0.25) is 9.63 Å². The van der Waals surface area contributed by atoms with Crippen molar-refractivity contribution in [2.24, 2.45) is 0 Å². The number of benzene rings is 1. The summed E-state index contributed by atoms with van der Waals surface area (Å²) in [5.74, 6) is -1.16. The number of rotatable bonds is 9. The second-order valence-electron chi connectivity index (χ2n) is 7.68. The minimum atomic E-state index is -1.24. The van der Waals surface area contributed by atoms with Gasteiger partial charge in [0.25, 0.3) is 5.91 Å². The number of ether oxygens (including phenoxy) is 1. The molecule has 1 saturated carbocycles. The zero-order valence-electron chi connectivity index (χ0n) is 17.5. The van der Waals surface area contributed by atoms with E-state index >= 15 is 0 Å². The van der Waals surface area contributed by atoms with Crippen molar-refractivity contribution >= 4 is 11.7 Å². The minimum absolute atomic E-state index is 0.0889. The zero-order chi connectivity index (χ0) is 23.3. The van der Waals surface area contributed by atoms with Crippen molar-refractivity contribution in [3.8, 4) is 23.3 Å². The lowest BCUT2D eigenvalue weighted by molar-refractivity contribution is -0.113. The fourth-order valence-electron chi connectivity index (χ4n) is 3.03. The molecule has 11 heteroatoms. The molecule has 11 nitrogen and oxygen atoms in total. The summed E-state index contributed by atoms with van der Waals surface area (Å²) < 4.78 is 5.63. The number of aliphatic hydroxyl groups excluding tert-OH is 2. The number of aliphatic hydroxyl groups is 3. The van der Waals surface area contributed by atoms with E-state index in [1.807, 2.05) is 6.07 Å². The van der Waals surface area contributed by atoms with E-state index < -0.39 is 30.3 Å². The summed E-state index contributed by atoms with van der Waals surface area (Å²) in [6, 6.07) is 8.48. The topological polar surface area (TPSA) is 184 Å². The molecule has 1 amide bonds. The Labute approximate surface area is 184 Å². The number of anilines is 1. The molecule has 1 fully saturated rings. The molecule has 2 aromatic rings. The highest BCUT2D eigenvalue weighted by Gasteiger charge is 2.35. The zero-order valence-corrected chi connectivity index (χ0v) is 17.5. The van der Waals surface area contributed by atoms with Crippen molar-refractivity contribution < 1.29 is 29.7 Å². The second kappa shape index (κ2) is 9.88. The number of amides is 1. The fraction of sp³-hybridized carbons (Fsp3) is 0.429. The maximum absolute atomic E-state index is 12.7. The normalized spacial score (nSPS) is 16.3. The van der Waals surface area contributed by atoms with E-state index in [1.165, 1.54) is 6.92 Å². The number of nitriles is 1. The number of nitrogens with one attached hydrogen (secondary N) is 1. The van der Waals surface area contributed by atoms with Crippen molar-refractivity contribution in [1.82, 2.24) is 15.4 Å². The first-order chi connectivity index (χ1) is 15.3. The van der Waals surface area contributed by atoms with E-state index in [4.69, 9.17) is 20.6 Å². The van der Waals surface area contributed by atoms with Crippen molar-refractivity contribution in [2.75, 3.05) is 18.9 Å². The molecule has 1 aromatic heterocycles. The quantitative estimate of drug-likeness (QED) is 0.338. The molecule has 0 aliphatic heterocycles. The molecular weight excluding hydrogens is 418 g/mol. The van der Waals surface area contributed by atoms with Crippen LogP contribution in [0.25, 0.3) is 11.4 Å². The number of carbonyl (C=O) groups is 1. The molecule has 1 aliphatic carbocycles. The van der Waals surface area contributed by atoms with Gasteiger partial charge < -0.3 is 25.8 Å². The Bertz CT molecular complexity index is 1020. The Balaban J connectivity index is 1.91. The number of carbonyl (C=O) groups excluding carboxylic acids is 1. The Kier molecular flexibility index (Phi) is 7.22. The standard InChI is InChI=1S/C21H25N5O6/c1-12(15(28)10-27)32-20-16(19(29)26-31-11-21(30)6-3-7-21)17(23)24-18(25-20)14-5-2-4-13(8-14)9-22/h2,4-5,8,12,15,27-28,30H,3,6-7,10-11H2,1H3,(H,26,29)(H2,23,24,25)/t12-,15+/m0/s1. The highest BCUT2D eigenvalue weighted by Crippen LogP contribution is 2.31. The van der Waals surface area contributed by atoms with Gasteiger partial charge in [-0.25, -0.2) is 10.5 Å².